The van der Waals surface area contributed by atoms with Crippen LogP contribution in [0.2, 0.25) is 36.3 Å². The second kappa shape index (κ2) is 14.1. The van der Waals surface area contributed by atoms with Crippen molar-refractivity contribution in [3.63, 3.8) is 0 Å². The summed E-state index contributed by atoms with van der Waals surface area (Å²) in [5.41, 5.74) is -0.433. The minimum atomic E-state index is -2.04. The lowest BCUT2D eigenvalue weighted by atomic mass is 9.56. The summed E-state index contributed by atoms with van der Waals surface area (Å²) in [6.07, 6.45) is 4.53. The predicted octanol–water partition coefficient (Wildman–Crippen LogP) is 10.0. The van der Waals surface area contributed by atoms with Crippen molar-refractivity contribution < 1.29 is 28.2 Å². The quantitative estimate of drug-likeness (QED) is 0.126. The molecular formula is C38H74O6Si2. The van der Waals surface area contributed by atoms with Gasteiger partial charge in [0, 0.05) is 30.5 Å². The molecule has 0 unspecified atom stereocenters. The lowest BCUT2D eigenvalue weighted by Crippen LogP contribution is -2.62. The molecule has 2 aliphatic carbocycles. The molecule has 0 saturated heterocycles. The molecule has 0 spiro atoms. The molecule has 0 bridgehead atoms. The van der Waals surface area contributed by atoms with Gasteiger partial charge in [0.25, 0.3) is 0 Å². The first-order valence-electron chi connectivity index (χ1n) is 17.6. The Bertz CT molecular complexity index is 1080. The molecule has 0 aromatic carbocycles. The van der Waals surface area contributed by atoms with Crippen LogP contribution in [-0.2, 0) is 23.1 Å². The van der Waals surface area contributed by atoms with E-state index in [1.54, 1.807) is 7.11 Å². The van der Waals surface area contributed by atoms with Crippen molar-refractivity contribution in [1.29, 1.82) is 0 Å². The van der Waals surface area contributed by atoms with Crippen LogP contribution in [-0.4, -0.2) is 71.8 Å². The number of rotatable bonds is 12. The number of hydrogen-bond acceptors (Lipinski definition) is 6. The first-order valence-corrected chi connectivity index (χ1v) is 23.5. The van der Waals surface area contributed by atoms with E-state index in [0.29, 0.717) is 19.4 Å². The Morgan fingerprint density at radius 1 is 0.957 bits per heavy atom. The highest BCUT2D eigenvalue weighted by Gasteiger charge is 2.59. The van der Waals surface area contributed by atoms with Crippen LogP contribution in [0.5, 0.6) is 0 Å². The summed E-state index contributed by atoms with van der Waals surface area (Å²) in [4.78, 5) is 0. The summed E-state index contributed by atoms with van der Waals surface area (Å²) in [7, 11) is -2.42. The highest BCUT2D eigenvalue weighted by molar-refractivity contribution is 6.74. The van der Waals surface area contributed by atoms with Gasteiger partial charge in [0.2, 0.25) is 0 Å². The molecule has 270 valence electrons. The maximum Gasteiger partial charge on any atom is 0.192 e. The van der Waals surface area contributed by atoms with E-state index in [2.05, 4.69) is 129 Å². The van der Waals surface area contributed by atoms with Crippen LogP contribution < -0.4 is 0 Å². The molecule has 0 amide bonds. The van der Waals surface area contributed by atoms with Crippen molar-refractivity contribution in [1.82, 2.24) is 0 Å². The molecule has 6 nitrogen and oxygen atoms in total. The van der Waals surface area contributed by atoms with Crippen molar-refractivity contribution >= 4 is 16.6 Å². The third-order valence-corrected chi connectivity index (χ3v) is 21.2. The molecule has 46 heavy (non-hydrogen) atoms. The van der Waals surface area contributed by atoms with Gasteiger partial charge in [-0.25, -0.2) is 0 Å². The van der Waals surface area contributed by atoms with Gasteiger partial charge in [-0.3, -0.25) is 0 Å². The predicted molar refractivity (Wildman–Crippen MR) is 198 cm³/mol. The lowest BCUT2D eigenvalue weighted by molar-refractivity contribution is -0.216. The standard InChI is InChI=1S/C38H74O6Si2/c1-27-20-21-31(43-33(3,4)5)37(14,30(27)25-42-45(16,17)34(6,7)8)24-32(41-26-40-15)38(39)28(2)22-29(23-36(38,12)13)44-46(18,19)35(9,10)11/h22,29-32,39H,1,20-21,23-26H2,2-19H3/t29-,30+,31+,32-,37+,38+/m1/s1. The fraction of sp³-hybridized carbons (Fsp3) is 0.895. The lowest BCUT2D eigenvalue weighted by Gasteiger charge is -2.57. The molecule has 2 aliphatic rings. The molecule has 0 aromatic heterocycles. The minimum absolute atomic E-state index is 0.0469. The zero-order valence-corrected chi connectivity index (χ0v) is 35.3. The van der Waals surface area contributed by atoms with Crippen LogP contribution in [0.3, 0.4) is 0 Å². The van der Waals surface area contributed by atoms with Crippen molar-refractivity contribution in [3.05, 3.63) is 23.8 Å². The molecule has 0 aliphatic heterocycles. The summed E-state index contributed by atoms with van der Waals surface area (Å²) in [5.74, 6) is 0.0469. The largest absolute Gasteiger partial charge is 0.416 e. The number of ether oxygens (including phenoxy) is 3. The van der Waals surface area contributed by atoms with Crippen molar-refractivity contribution in [2.75, 3.05) is 20.5 Å². The monoisotopic (exact) mass is 683 g/mol. The van der Waals surface area contributed by atoms with E-state index in [4.69, 9.17) is 23.1 Å². The van der Waals surface area contributed by atoms with Crippen molar-refractivity contribution in [2.45, 2.75) is 181 Å². The summed E-state index contributed by atoms with van der Waals surface area (Å²) in [5, 5.41) is 13.2. The van der Waals surface area contributed by atoms with Crippen LogP contribution in [0, 0.1) is 16.7 Å². The molecule has 0 aromatic rings. The third kappa shape index (κ3) is 9.06. The molecule has 2 rings (SSSR count). The van der Waals surface area contributed by atoms with Gasteiger partial charge in [0.05, 0.1) is 23.9 Å². The van der Waals surface area contributed by atoms with Crippen LogP contribution >= 0.6 is 0 Å². The van der Waals surface area contributed by atoms with Crippen LogP contribution in [0.25, 0.3) is 0 Å². The Labute approximate surface area is 286 Å². The highest BCUT2D eigenvalue weighted by Crippen LogP contribution is 2.56. The van der Waals surface area contributed by atoms with E-state index in [0.717, 1.165) is 18.4 Å². The molecular weight excluding hydrogens is 609 g/mol. The van der Waals surface area contributed by atoms with Gasteiger partial charge in [-0.15, -0.1) is 0 Å². The van der Waals surface area contributed by atoms with Crippen molar-refractivity contribution in [2.24, 2.45) is 16.7 Å². The Hall–Kier alpha value is -0.326. The average Bonchev–Trinajstić information content (AvgIpc) is 2.84. The molecule has 6 atom stereocenters. The summed E-state index contributed by atoms with van der Waals surface area (Å²) >= 11 is 0. The van der Waals surface area contributed by atoms with E-state index in [-0.39, 0.29) is 40.6 Å². The molecule has 0 heterocycles. The van der Waals surface area contributed by atoms with E-state index in [1.165, 1.54) is 5.57 Å². The van der Waals surface area contributed by atoms with Gasteiger partial charge >= 0.3 is 0 Å². The second-order valence-corrected chi connectivity index (χ2v) is 29.0. The first-order chi connectivity index (χ1) is 20.5. The Kier molecular flexibility index (Phi) is 12.8. The normalized spacial score (nSPS) is 30.7. The van der Waals surface area contributed by atoms with E-state index < -0.39 is 39.2 Å². The van der Waals surface area contributed by atoms with Crippen LogP contribution in [0.1, 0.15) is 116 Å². The van der Waals surface area contributed by atoms with E-state index in [9.17, 15) is 5.11 Å². The molecule has 1 N–H and O–H groups in total. The van der Waals surface area contributed by atoms with E-state index in [1.807, 2.05) is 0 Å². The van der Waals surface area contributed by atoms with Gasteiger partial charge in [0.1, 0.15) is 12.4 Å². The molecule has 0 radical (unpaired) electrons. The van der Waals surface area contributed by atoms with Crippen LogP contribution in [0.15, 0.2) is 23.8 Å². The summed E-state index contributed by atoms with van der Waals surface area (Å²) < 4.78 is 32.8. The SMILES string of the molecule is C=C1CC[C@H](OC(C)(C)C)[C@@](C)(C[C@@H](OCOC)[C@@]2(O)C(C)=C[C@@H](O[Si](C)(C)C(C)(C)C)CC2(C)C)[C@H]1CO[Si](C)(C)C(C)(C)C. The fourth-order valence-electron chi connectivity index (χ4n) is 7.08. The van der Waals surface area contributed by atoms with E-state index >= 15 is 0 Å². The van der Waals surface area contributed by atoms with Gasteiger partial charge in [-0.05, 0) is 95.2 Å². The van der Waals surface area contributed by atoms with Gasteiger partial charge < -0.3 is 28.2 Å². The Morgan fingerprint density at radius 3 is 1.96 bits per heavy atom. The average molecular weight is 683 g/mol. The van der Waals surface area contributed by atoms with Gasteiger partial charge in [-0.2, -0.15) is 0 Å². The minimum Gasteiger partial charge on any atom is -0.416 e. The maximum atomic E-state index is 13.0. The molecule has 1 saturated carbocycles. The zero-order chi connectivity index (χ0) is 35.9. The third-order valence-electron chi connectivity index (χ3n) is 12.2. The number of methoxy groups -OCH3 is 1. The zero-order valence-electron chi connectivity index (χ0n) is 33.3. The topological polar surface area (TPSA) is 66.4 Å². The van der Waals surface area contributed by atoms with Crippen LogP contribution in [0.4, 0.5) is 0 Å². The Morgan fingerprint density at radius 2 is 1.50 bits per heavy atom. The maximum absolute atomic E-state index is 13.0. The fourth-order valence-corrected chi connectivity index (χ4v) is 9.35. The highest BCUT2D eigenvalue weighted by atomic mass is 28.4. The van der Waals surface area contributed by atoms with Gasteiger partial charge in [0.15, 0.2) is 16.6 Å². The molecule has 8 heteroatoms. The smallest absolute Gasteiger partial charge is 0.192 e. The molecule has 1 fully saturated rings. The summed E-state index contributed by atoms with van der Waals surface area (Å²) in [6, 6.07) is 0. The number of hydrogen-bond donors (Lipinski definition) is 1. The van der Waals surface area contributed by atoms with Crippen molar-refractivity contribution in [3.8, 4) is 0 Å². The Balaban J connectivity index is 2.66. The first kappa shape index (κ1) is 41.8. The van der Waals surface area contributed by atoms with Gasteiger partial charge in [-0.1, -0.05) is 80.5 Å². The number of aliphatic hydroxyl groups is 1. The second-order valence-electron chi connectivity index (χ2n) is 19.4. The summed E-state index contributed by atoms with van der Waals surface area (Å²) in [6.45, 7) is 43.3.